The zero-order valence-electron chi connectivity index (χ0n) is 17.9. The van der Waals surface area contributed by atoms with E-state index in [4.69, 9.17) is 4.74 Å². The van der Waals surface area contributed by atoms with E-state index in [1.165, 1.54) is 42.7 Å². The van der Waals surface area contributed by atoms with Gasteiger partial charge in [-0.25, -0.2) is 12.7 Å². The van der Waals surface area contributed by atoms with Crippen LogP contribution in [0.2, 0.25) is 0 Å². The molecule has 1 aliphatic carbocycles. The first-order valence-corrected chi connectivity index (χ1v) is 12.5. The van der Waals surface area contributed by atoms with Crippen LogP contribution in [0.3, 0.4) is 0 Å². The molecule has 0 aromatic heterocycles. The lowest BCUT2D eigenvalue weighted by Gasteiger charge is -2.48. The van der Waals surface area contributed by atoms with E-state index in [1.54, 1.807) is 7.05 Å². The van der Waals surface area contributed by atoms with Crippen LogP contribution in [0.5, 0.6) is 0 Å². The second kappa shape index (κ2) is 11.3. The summed E-state index contributed by atoms with van der Waals surface area (Å²) < 4.78 is 30.4. The molecule has 0 bridgehead atoms. The maximum atomic E-state index is 11.7. The average molecular weight is 418 g/mol. The predicted octanol–water partition coefficient (Wildman–Crippen LogP) is 0.858. The van der Waals surface area contributed by atoms with Gasteiger partial charge in [-0.3, -0.25) is 9.89 Å². The van der Waals surface area contributed by atoms with E-state index in [0.717, 1.165) is 45.2 Å². The lowest BCUT2D eigenvalue weighted by molar-refractivity contribution is -0.0352. The fourth-order valence-corrected chi connectivity index (χ4v) is 5.27. The van der Waals surface area contributed by atoms with E-state index >= 15 is 0 Å². The second-order valence-corrected chi connectivity index (χ2v) is 9.83. The first-order valence-electron chi connectivity index (χ1n) is 10.6. The first kappa shape index (κ1) is 23.4. The van der Waals surface area contributed by atoms with Crippen molar-refractivity contribution in [3.8, 4) is 0 Å². The SMILES string of the molecule is CCN(CCCNC(=NC)NCC1(N2CCOCC2)CCCCC1)S(C)(=O)=O. The third-order valence-electron chi connectivity index (χ3n) is 5.97. The van der Waals surface area contributed by atoms with Crippen LogP contribution < -0.4 is 10.6 Å². The number of ether oxygens (including phenoxy) is 1. The molecule has 8 nitrogen and oxygen atoms in total. The molecule has 9 heteroatoms. The monoisotopic (exact) mass is 417 g/mol. The Labute approximate surface area is 171 Å². The molecule has 0 radical (unpaired) electrons. The minimum absolute atomic E-state index is 0.189. The van der Waals surface area contributed by atoms with Crippen molar-refractivity contribution in [3.63, 3.8) is 0 Å². The van der Waals surface area contributed by atoms with Gasteiger partial charge < -0.3 is 15.4 Å². The zero-order valence-corrected chi connectivity index (χ0v) is 18.7. The van der Waals surface area contributed by atoms with Crippen LogP contribution in [0.15, 0.2) is 4.99 Å². The third kappa shape index (κ3) is 6.86. The van der Waals surface area contributed by atoms with Gasteiger partial charge in [0.15, 0.2) is 5.96 Å². The Morgan fingerprint density at radius 3 is 2.43 bits per heavy atom. The number of aliphatic imine (C=N–C) groups is 1. The topological polar surface area (TPSA) is 86.3 Å². The van der Waals surface area contributed by atoms with Crippen LogP contribution in [0, 0.1) is 0 Å². The summed E-state index contributed by atoms with van der Waals surface area (Å²) in [5.74, 6) is 0.792. The van der Waals surface area contributed by atoms with Crippen molar-refractivity contribution >= 4 is 16.0 Å². The molecule has 2 rings (SSSR count). The van der Waals surface area contributed by atoms with Gasteiger partial charge in [-0.2, -0.15) is 0 Å². The van der Waals surface area contributed by atoms with Crippen molar-refractivity contribution in [2.24, 2.45) is 4.99 Å². The van der Waals surface area contributed by atoms with E-state index in [9.17, 15) is 8.42 Å². The van der Waals surface area contributed by atoms with E-state index < -0.39 is 10.0 Å². The molecule has 28 heavy (non-hydrogen) atoms. The molecule has 2 fully saturated rings. The number of rotatable bonds is 9. The van der Waals surface area contributed by atoms with E-state index in [0.29, 0.717) is 19.6 Å². The van der Waals surface area contributed by atoms with Gasteiger partial charge in [0.1, 0.15) is 0 Å². The van der Waals surface area contributed by atoms with Gasteiger partial charge in [-0.1, -0.05) is 26.2 Å². The Bertz CT molecular complexity index is 584. The van der Waals surface area contributed by atoms with Gasteiger partial charge in [0, 0.05) is 51.9 Å². The smallest absolute Gasteiger partial charge is 0.211 e. The Kier molecular flexibility index (Phi) is 9.46. The summed E-state index contributed by atoms with van der Waals surface area (Å²) in [5, 5.41) is 6.87. The Morgan fingerprint density at radius 1 is 1.18 bits per heavy atom. The lowest BCUT2D eigenvalue weighted by atomic mass is 9.80. The van der Waals surface area contributed by atoms with Crippen LogP contribution in [-0.2, 0) is 14.8 Å². The summed E-state index contributed by atoms with van der Waals surface area (Å²) in [6, 6.07) is 0. The molecule has 2 N–H and O–H groups in total. The van der Waals surface area contributed by atoms with Crippen LogP contribution in [-0.4, -0.2) is 94.9 Å². The summed E-state index contributed by atoms with van der Waals surface area (Å²) in [4.78, 5) is 6.97. The highest BCUT2D eigenvalue weighted by Gasteiger charge is 2.38. The molecule has 1 heterocycles. The molecule has 0 spiro atoms. The van der Waals surface area contributed by atoms with Crippen molar-refractivity contribution < 1.29 is 13.2 Å². The van der Waals surface area contributed by atoms with E-state index in [1.807, 2.05) is 6.92 Å². The van der Waals surface area contributed by atoms with Gasteiger partial charge in [0.2, 0.25) is 10.0 Å². The number of nitrogens with zero attached hydrogens (tertiary/aromatic N) is 3. The molecule has 1 saturated carbocycles. The number of hydrogen-bond acceptors (Lipinski definition) is 5. The molecule has 0 aromatic carbocycles. The van der Waals surface area contributed by atoms with Crippen molar-refractivity contribution in [2.45, 2.75) is 51.0 Å². The summed E-state index contributed by atoms with van der Waals surface area (Å²) >= 11 is 0. The summed E-state index contributed by atoms with van der Waals surface area (Å²) in [7, 11) is -1.34. The zero-order chi connectivity index (χ0) is 20.5. The van der Waals surface area contributed by atoms with Crippen molar-refractivity contribution in [1.82, 2.24) is 19.8 Å². The fourth-order valence-electron chi connectivity index (χ4n) is 4.34. The predicted molar refractivity (Wildman–Crippen MR) is 114 cm³/mol. The number of sulfonamides is 1. The van der Waals surface area contributed by atoms with Gasteiger partial charge >= 0.3 is 0 Å². The van der Waals surface area contributed by atoms with Crippen molar-refractivity contribution in [1.29, 1.82) is 0 Å². The standard InChI is InChI=1S/C19H39N5O3S/c1-4-24(28(3,25)26)12-8-11-21-18(20-2)22-17-19(9-6-5-7-10-19)23-13-15-27-16-14-23/h4-17H2,1-3H3,(H2,20,21,22). The van der Waals surface area contributed by atoms with Gasteiger partial charge in [-0.15, -0.1) is 0 Å². The molecular formula is C19H39N5O3S. The molecule has 1 aliphatic heterocycles. The first-order chi connectivity index (χ1) is 13.4. The van der Waals surface area contributed by atoms with Gasteiger partial charge in [0.25, 0.3) is 0 Å². The Morgan fingerprint density at radius 2 is 1.86 bits per heavy atom. The van der Waals surface area contributed by atoms with Crippen LogP contribution in [0.25, 0.3) is 0 Å². The summed E-state index contributed by atoms with van der Waals surface area (Å²) in [6.07, 6.45) is 8.34. The summed E-state index contributed by atoms with van der Waals surface area (Å²) in [5.41, 5.74) is 0.189. The molecule has 164 valence electrons. The van der Waals surface area contributed by atoms with Crippen molar-refractivity contribution in [2.75, 3.05) is 65.8 Å². The van der Waals surface area contributed by atoms with Crippen LogP contribution >= 0.6 is 0 Å². The van der Waals surface area contributed by atoms with Gasteiger partial charge in [0.05, 0.1) is 19.5 Å². The molecule has 0 atom stereocenters. The molecular weight excluding hydrogens is 378 g/mol. The number of morpholine rings is 1. The maximum Gasteiger partial charge on any atom is 0.211 e. The molecule has 0 aromatic rings. The minimum atomic E-state index is -3.12. The quantitative estimate of drug-likeness (QED) is 0.329. The summed E-state index contributed by atoms with van der Waals surface area (Å²) in [6.45, 7) is 8.13. The second-order valence-electron chi connectivity index (χ2n) is 7.85. The molecule has 1 saturated heterocycles. The highest BCUT2D eigenvalue weighted by Crippen LogP contribution is 2.33. The third-order valence-corrected chi connectivity index (χ3v) is 7.35. The van der Waals surface area contributed by atoms with Gasteiger partial charge in [-0.05, 0) is 19.3 Å². The Hall–Kier alpha value is -0.900. The number of guanidine groups is 1. The molecule has 0 unspecified atom stereocenters. The number of hydrogen-bond donors (Lipinski definition) is 2. The van der Waals surface area contributed by atoms with E-state index in [-0.39, 0.29) is 5.54 Å². The minimum Gasteiger partial charge on any atom is -0.379 e. The maximum absolute atomic E-state index is 11.7. The number of nitrogens with one attached hydrogen (secondary N) is 2. The Balaban J connectivity index is 1.82. The van der Waals surface area contributed by atoms with Crippen LogP contribution in [0.4, 0.5) is 0 Å². The van der Waals surface area contributed by atoms with Crippen LogP contribution in [0.1, 0.15) is 45.4 Å². The largest absolute Gasteiger partial charge is 0.379 e. The highest BCUT2D eigenvalue weighted by atomic mass is 32.2. The molecule has 0 amide bonds. The average Bonchev–Trinajstić information content (AvgIpc) is 2.70. The normalized spacial score (nSPS) is 21.6. The van der Waals surface area contributed by atoms with Crippen molar-refractivity contribution in [3.05, 3.63) is 0 Å². The lowest BCUT2D eigenvalue weighted by Crippen LogP contribution is -2.60. The van der Waals surface area contributed by atoms with E-state index in [2.05, 4.69) is 20.5 Å². The fraction of sp³-hybridized carbons (Fsp3) is 0.947. The molecule has 2 aliphatic rings. The highest BCUT2D eigenvalue weighted by molar-refractivity contribution is 7.88.